The third kappa shape index (κ3) is 5.54. The van der Waals surface area contributed by atoms with Crippen LogP contribution in [0, 0.1) is 5.92 Å². The first-order valence-corrected chi connectivity index (χ1v) is 8.38. The molecule has 0 aliphatic carbocycles. The van der Waals surface area contributed by atoms with Crippen LogP contribution in [0.1, 0.15) is 31.4 Å². The van der Waals surface area contributed by atoms with Crippen LogP contribution in [-0.4, -0.2) is 19.2 Å². The molecular weight excluding hydrogens is 347 g/mol. The highest BCUT2D eigenvalue weighted by molar-refractivity contribution is 5.87. The van der Waals surface area contributed by atoms with Gasteiger partial charge in [0.1, 0.15) is 17.1 Å². The Kier molecular flexibility index (Phi) is 6.71. The minimum atomic E-state index is -4.52. The van der Waals surface area contributed by atoms with Crippen LogP contribution in [0.5, 0.6) is 11.5 Å². The number of rotatable bonds is 7. The highest BCUT2D eigenvalue weighted by Gasteiger charge is 2.41. The van der Waals surface area contributed by atoms with Crippen LogP contribution < -0.4 is 14.8 Å². The molecular formula is C19H22F3NO3. The van der Waals surface area contributed by atoms with Crippen molar-refractivity contribution in [3.8, 4) is 11.5 Å². The molecule has 26 heavy (non-hydrogen) atoms. The summed E-state index contributed by atoms with van der Waals surface area (Å²) in [6.45, 7) is 4.40. The molecule has 0 unspecified atom stereocenters. The monoisotopic (exact) mass is 369 g/mol. The fourth-order valence-electron chi connectivity index (χ4n) is 2.43. The van der Waals surface area contributed by atoms with E-state index in [1.165, 1.54) is 12.1 Å². The Labute approximate surface area is 150 Å². The summed E-state index contributed by atoms with van der Waals surface area (Å²) in [6.07, 6.45) is 2.90. The van der Waals surface area contributed by atoms with Gasteiger partial charge >= 0.3 is 6.18 Å². The summed E-state index contributed by atoms with van der Waals surface area (Å²) in [7, 11) is 0. The molecule has 142 valence electrons. The number of halogens is 3. The lowest BCUT2D eigenvalue weighted by Crippen LogP contribution is -2.25. The minimum absolute atomic E-state index is 0.154. The number of nitrogens with one attached hydrogen (secondary N) is 1. The van der Waals surface area contributed by atoms with E-state index in [-0.39, 0.29) is 24.2 Å². The SMILES string of the molecule is CC(C)CNC(=O)/C=C/C=C/CCc1ccc2c(C(F)(F)F)c1OCO2. The predicted molar refractivity (Wildman–Crippen MR) is 92.0 cm³/mol. The van der Waals surface area contributed by atoms with E-state index in [4.69, 9.17) is 9.47 Å². The molecule has 2 rings (SSSR count). The number of hydrogen-bond acceptors (Lipinski definition) is 3. The van der Waals surface area contributed by atoms with Gasteiger partial charge in [-0.05, 0) is 30.4 Å². The molecule has 1 aliphatic heterocycles. The predicted octanol–water partition coefficient (Wildman–Crippen LogP) is 4.25. The highest BCUT2D eigenvalue weighted by atomic mass is 19.4. The second-order valence-electron chi connectivity index (χ2n) is 6.30. The van der Waals surface area contributed by atoms with Gasteiger partial charge in [0.2, 0.25) is 12.7 Å². The van der Waals surface area contributed by atoms with E-state index in [0.717, 1.165) is 0 Å². The zero-order chi connectivity index (χ0) is 19.2. The molecule has 1 aromatic carbocycles. The zero-order valence-electron chi connectivity index (χ0n) is 14.7. The number of carbonyl (C=O) groups excluding carboxylic acids is 1. The van der Waals surface area contributed by atoms with Crippen molar-refractivity contribution in [1.29, 1.82) is 0 Å². The van der Waals surface area contributed by atoms with Gasteiger partial charge in [0.25, 0.3) is 0 Å². The van der Waals surface area contributed by atoms with Crippen LogP contribution in [-0.2, 0) is 17.4 Å². The number of fused-ring (bicyclic) bond motifs is 2. The third-order valence-electron chi connectivity index (χ3n) is 3.66. The second kappa shape index (κ2) is 8.78. The Morgan fingerprint density at radius 1 is 1.27 bits per heavy atom. The van der Waals surface area contributed by atoms with Crippen LogP contribution in [0.25, 0.3) is 0 Å². The standard InChI is InChI=1S/C19H22F3NO3/c1-13(2)11-23-16(24)8-6-4-3-5-7-14-9-10-15-17(19(20,21)22)18(14)26-12-25-15/h3-4,6,8-10,13H,5,7,11-12H2,1-2H3,(H,23,24)/b4-3+,8-6+. The number of allylic oxidation sites excluding steroid dienone is 3. The van der Waals surface area contributed by atoms with Gasteiger partial charge in [0.15, 0.2) is 0 Å². The summed E-state index contributed by atoms with van der Waals surface area (Å²) in [5.41, 5.74) is -0.375. The van der Waals surface area contributed by atoms with Crippen LogP contribution in [0.3, 0.4) is 0 Å². The summed E-state index contributed by atoms with van der Waals surface area (Å²) in [4.78, 5) is 11.5. The molecule has 1 aliphatic rings. The van der Waals surface area contributed by atoms with Crippen molar-refractivity contribution in [3.63, 3.8) is 0 Å². The highest BCUT2D eigenvalue weighted by Crippen LogP contribution is 2.46. The summed E-state index contributed by atoms with van der Waals surface area (Å²) < 4.78 is 49.5. The molecule has 0 fully saturated rings. The Morgan fingerprint density at radius 2 is 2.04 bits per heavy atom. The molecule has 0 saturated heterocycles. The lowest BCUT2D eigenvalue weighted by molar-refractivity contribution is -0.144. The number of amides is 1. The first kappa shape index (κ1) is 19.9. The molecule has 1 N–H and O–H groups in total. The average Bonchev–Trinajstić information content (AvgIpc) is 2.56. The third-order valence-corrected chi connectivity index (χ3v) is 3.66. The van der Waals surface area contributed by atoms with E-state index >= 15 is 0 Å². The van der Waals surface area contributed by atoms with Crippen molar-refractivity contribution < 1.29 is 27.4 Å². The Hall–Kier alpha value is -2.44. The summed E-state index contributed by atoms with van der Waals surface area (Å²) in [5, 5.41) is 2.75. The van der Waals surface area contributed by atoms with Gasteiger partial charge < -0.3 is 14.8 Å². The van der Waals surface area contributed by atoms with E-state index in [1.54, 1.807) is 24.3 Å². The Balaban J connectivity index is 1.92. The molecule has 2 bridgehead atoms. The molecule has 1 amide bonds. The molecule has 0 saturated carbocycles. The van der Waals surface area contributed by atoms with Gasteiger partial charge in [-0.15, -0.1) is 0 Å². The van der Waals surface area contributed by atoms with Crippen molar-refractivity contribution >= 4 is 5.91 Å². The van der Waals surface area contributed by atoms with Crippen molar-refractivity contribution in [2.45, 2.75) is 32.9 Å². The lowest BCUT2D eigenvalue weighted by Gasteiger charge is -2.25. The van der Waals surface area contributed by atoms with E-state index < -0.39 is 11.7 Å². The minimum Gasteiger partial charge on any atom is -0.457 e. The number of alkyl halides is 3. The van der Waals surface area contributed by atoms with E-state index in [2.05, 4.69) is 5.32 Å². The van der Waals surface area contributed by atoms with E-state index in [1.807, 2.05) is 13.8 Å². The smallest absolute Gasteiger partial charge is 0.423 e. The average molecular weight is 369 g/mol. The molecule has 0 aromatic heterocycles. The molecule has 0 spiro atoms. The Morgan fingerprint density at radius 3 is 2.73 bits per heavy atom. The van der Waals surface area contributed by atoms with E-state index in [0.29, 0.717) is 30.9 Å². The van der Waals surface area contributed by atoms with Crippen LogP contribution in [0.2, 0.25) is 0 Å². The van der Waals surface area contributed by atoms with Crippen molar-refractivity contribution in [2.24, 2.45) is 5.92 Å². The maximum absolute atomic E-state index is 13.2. The maximum atomic E-state index is 13.2. The molecule has 1 heterocycles. The maximum Gasteiger partial charge on any atom is 0.423 e. The zero-order valence-corrected chi connectivity index (χ0v) is 14.7. The van der Waals surface area contributed by atoms with E-state index in [9.17, 15) is 18.0 Å². The van der Waals surface area contributed by atoms with Crippen molar-refractivity contribution in [3.05, 3.63) is 47.6 Å². The summed E-state index contributed by atoms with van der Waals surface area (Å²) in [6, 6.07) is 2.91. The summed E-state index contributed by atoms with van der Waals surface area (Å²) in [5.74, 6) is -0.150. The fourth-order valence-corrected chi connectivity index (χ4v) is 2.43. The lowest BCUT2D eigenvalue weighted by atomic mass is 10.0. The Bertz CT molecular complexity index is 694. The van der Waals surface area contributed by atoms with Crippen molar-refractivity contribution in [2.75, 3.05) is 13.3 Å². The van der Waals surface area contributed by atoms with Gasteiger partial charge in [0.05, 0.1) is 0 Å². The number of hydrogen-bond donors (Lipinski definition) is 1. The quantitative estimate of drug-likeness (QED) is 0.577. The number of carbonyl (C=O) groups is 1. The van der Waals surface area contributed by atoms with Crippen LogP contribution >= 0.6 is 0 Å². The second-order valence-corrected chi connectivity index (χ2v) is 6.30. The fraction of sp³-hybridized carbons (Fsp3) is 0.421. The van der Waals surface area contributed by atoms with Gasteiger partial charge in [-0.25, -0.2) is 0 Å². The topological polar surface area (TPSA) is 47.6 Å². The van der Waals surface area contributed by atoms with Gasteiger partial charge in [-0.3, -0.25) is 4.79 Å². The van der Waals surface area contributed by atoms with Crippen LogP contribution in [0.15, 0.2) is 36.4 Å². The first-order valence-electron chi connectivity index (χ1n) is 8.38. The molecule has 4 nitrogen and oxygen atoms in total. The van der Waals surface area contributed by atoms with Gasteiger partial charge in [-0.2, -0.15) is 13.2 Å². The molecule has 0 radical (unpaired) electrons. The molecule has 0 atom stereocenters. The first-order chi connectivity index (χ1) is 12.3. The van der Waals surface area contributed by atoms with Crippen LogP contribution in [0.4, 0.5) is 13.2 Å². The number of benzene rings is 1. The summed E-state index contributed by atoms with van der Waals surface area (Å²) >= 11 is 0. The van der Waals surface area contributed by atoms with Gasteiger partial charge in [0, 0.05) is 12.6 Å². The number of ether oxygens (including phenoxy) is 2. The van der Waals surface area contributed by atoms with Crippen molar-refractivity contribution in [1.82, 2.24) is 5.32 Å². The van der Waals surface area contributed by atoms with Gasteiger partial charge in [-0.1, -0.05) is 38.1 Å². The number of aryl methyl sites for hydroxylation is 1. The molecule has 7 heteroatoms. The normalized spacial score (nSPS) is 13.9. The largest absolute Gasteiger partial charge is 0.457 e. The molecule has 1 aromatic rings.